The Kier molecular flexibility index (Phi) is 6.83. The van der Waals surface area contributed by atoms with Crippen molar-refractivity contribution in [3.63, 3.8) is 0 Å². The molecule has 0 amide bonds. The monoisotopic (exact) mass is 315 g/mol. The van der Waals surface area contributed by atoms with Crippen molar-refractivity contribution in [3.8, 4) is 0 Å². The van der Waals surface area contributed by atoms with Crippen LogP contribution in [0.15, 0.2) is 0 Å². The van der Waals surface area contributed by atoms with E-state index in [4.69, 9.17) is 9.47 Å². The average molecular weight is 315 g/mol. The second kappa shape index (κ2) is 8.39. The second-order valence-electron chi connectivity index (χ2n) is 6.22. The normalized spacial score (nSPS) is 28.8. The van der Waals surface area contributed by atoms with Gasteiger partial charge in [-0.1, -0.05) is 6.42 Å². The SMILES string of the molecule is COCCCSCCC1CCCC1(NC1CC1)C(=O)OC. The lowest BCUT2D eigenvalue weighted by Crippen LogP contribution is -2.56. The highest BCUT2D eigenvalue weighted by molar-refractivity contribution is 7.99. The molecular weight excluding hydrogens is 286 g/mol. The molecule has 0 bridgehead atoms. The molecule has 0 saturated heterocycles. The Labute approximate surface area is 132 Å². The van der Waals surface area contributed by atoms with E-state index in [0.29, 0.717) is 12.0 Å². The fraction of sp³-hybridized carbons (Fsp3) is 0.938. The van der Waals surface area contributed by atoms with Crippen molar-refractivity contribution in [2.45, 2.75) is 56.5 Å². The van der Waals surface area contributed by atoms with E-state index in [9.17, 15) is 4.79 Å². The van der Waals surface area contributed by atoms with Gasteiger partial charge in [-0.15, -0.1) is 0 Å². The zero-order valence-corrected chi connectivity index (χ0v) is 14.2. The Morgan fingerprint density at radius 3 is 2.76 bits per heavy atom. The van der Waals surface area contributed by atoms with Crippen LogP contribution in [0.2, 0.25) is 0 Å². The van der Waals surface area contributed by atoms with Crippen LogP contribution in [0, 0.1) is 5.92 Å². The number of methoxy groups -OCH3 is 2. The molecule has 2 rings (SSSR count). The van der Waals surface area contributed by atoms with Gasteiger partial charge < -0.3 is 9.47 Å². The minimum atomic E-state index is -0.400. The van der Waals surface area contributed by atoms with Gasteiger partial charge >= 0.3 is 5.97 Å². The summed E-state index contributed by atoms with van der Waals surface area (Å²) < 4.78 is 10.2. The van der Waals surface area contributed by atoms with Gasteiger partial charge in [0.05, 0.1) is 7.11 Å². The number of nitrogens with one attached hydrogen (secondary N) is 1. The van der Waals surface area contributed by atoms with E-state index < -0.39 is 5.54 Å². The molecule has 1 N–H and O–H groups in total. The molecule has 0 radical (unpaired) electrons. The topological polar surface area (TPSA) is 47.6 Å². The summed E-state index contributed by atoms with van der Waals surface area (Å²) in [6.45, 7) is 0.839. The highest BCUT2D eigenvalue weighted by Gasteiger charge is 2.51. The summed E-state index contributed by atoms with van der Waals surface area (Å²) in [5, 5.41) is 3.62. The standard InChI is InChI=1S/C16H29NO3S/c1-19-10-4-11-21-12-8-13-5-3-9-16(13,15(18)20-2)17-14-6-7-14/h13-14,17H,3-12H2,1-2H3. The first kappa shape index (κ1) is 17.1. The van der Waals surface area contributed by atoms with Gasteiger partial charge in [0.25, 0.3) is 0 Å². The zero-order chi connectivity index (χ0) is 15.1. The Balaban J connectivity index is 1.82. The van der Waals surface area contributed by atoms with E-state index in [1.165, 1.54) is 20.0 Å². The number of hydrogen-bond donors (Lipinski definition) is 1. The first-order valence-corrected chi connectivity index (χ1v) is 9.31. The largest absolute Gasteiger partial charge is 0.468 e. The third kappa shape index (κ3) is 4.60. The van der Waals surface area contributed by atoms with E-state index >= 15 is 0 Å². The molecule has 21 heavy (non-hydrogen) atoms. The molecule has 0 spiro atoms. The molecule has 2 aliphatic rings. The number of hydrogen-bond acceptors (Lipinski definition) is 5. The van der Waals surface area contributed by atoms with Gasteiger partial charge in [0.1, 0.15) is 5.54 Å². The highest BCUT2D eigenvalue weighted by Crippen LogP contribution is 2.41. The third-order valence-electron chi connectivity index (χ3n) is 4.66. The van der Waals surface area contributed by atoms with Crippen LogP contribution in [0.5, 0.6) is 0 Å². The summed E-state index contributed by atoms with van der Waals surface area (Å²) in [6.07, 6.45) is 7.84. The smallest absolute Gasteiger partial charge is 0.326 e. The first-order valence-electron chi connectivity index (χ1n) is 8.15. The number of carbonyl (C=O) groups excluding carboxylic acids is 1. The maximum absolute atomic E-state index is 12.4. The highest BCUT2D eigenvalue weighted by atomic mass is 32.2. The number of thioether (sulfide) groups is 1. The molecule has 2 fully saturated rings. The van der Waals surface area contributed by atoms with E-state index in [2.05, 4.69) is 5.32 Å². The Morgan fingerprint density at radius 2 is 2.10 bits per heavy atom. The molecule has 0 aromatic rings. The predicted molar refractivity (Wildman–Crippen MR) is 86.7 cm³/mol. The summed E-state index contributed by atoms with van der Waals surface area (Å²) in [5.41, 5.74) is -0.400. The molecule has 5 heteroatoms. The number of rotatable bonds is 10. The quantitative estimate of drug-likeness (QED) is 0.496. The van der Waals surface area contributed by atoms with Gasteiger partial charge in [0, 0.05) is 19.8 Å². The third-order valence-corrected chi connectivity index (χ3v) is 5.76. The molecule has 2 atom stereocenters. The minimum absolute atomic E-state index is 0.0405. The maximum atomic E-state index is 12.4. The van der Waals surface area contributed by atoms with Gasteiger partial charge in [-0.25, -0.2) is 0 Å². The van der Waals surface area contributed by atoms with E-state index in [-0.39, 0.29) is 5.97 Å². The van der Waals surface area contributed by atoms with E-state index in [1.54, 1.807) is 7.11 Å². The van der Waals surface area contributed by atoms with Gasteiger partial charge in [0.15, 0.2) is 0 Å². The van der Waals surface area contributed by atoms with Crippen LogP contribution in [0.4, 0.5) is 0 Å². The number of ether oxygens (including phenoxy) is 2. The number of esters is 1. The Morgan fingerprint density at radius 1 is 1.29 bits per heavy atom. The fourth-order valence-electron chi connectivity index (χ4n) is 3.39. The van der Waals surface area contributed by atoms with Gasteiger partial charge in [0.2, 0.25) is 0 Å². The lowest BCUT2D eigenvalue weighted by Gasteiger charge is -2.34. The summed E-state index contributed by atoms with van der Waals surface area (Å²) >= 11 is 1.97. The molecule has 0 aliphatic heterocycles. The van der Waals surface area contributed by atoms with Crippen LogP contribution >= 0.6 is 11.8 Å². The first-order chi connectivity index (χ1) is 10.2. The van der Waals surface area contributed by atoms with Crippen LogP contribution in [-0.4, -0.2) is 49.9 Å². The van der Waals surface area contributed by atoms with Crippen LogP contribution in [0.25, 0.3) is 0 Å². The van der Waals surface area contributed by atoms with Crippen LogP contribution in [0.1, 0.15) is 44.9 Å². The van der Waals surface area contributed by atoms with Gasteiger partial charge in [-0.05, 0) is 55.9 Å². The molecule has 2 saturated carbocycles. The summed E-state index contributed by atoms with van der Waals surface area (Å²) in [5.74, 6) is 2.66. The fourth-order valence-corrected chi connectivity index (χ4v) is 4.37. The van der Waals surface area contributed by atoms with E-state index in [0.717, 1.165) is 50.2 Å². The van der Waals surface area contributed by atoms with Crippen molar-refractivity contribution in [1.82, 2.24) is 5.32 Å². The lowest BCUT2D eigenvalue weighted by molar-refractivity contribution is -0.150. The van der Waals surface area contributed by atoms with Crippen molar-refractivity contribution in [2.24, 2.45) is 5.92 Å². The molecule has 2 unspecified atom stereocenters. The van der Waals surface area contributed by atoms with Gasteiger partial charge in [-0.2, -0.15) is 11.8 Å². The molecule has 0 heterocycles. The molecule has 0 aromatic carbocycles. The summed E-state index contributed by atoms with van der Waals surface area (Å²) in [7, 11) is 3.27. The van der Waals surface area contributed by atoms with Crippen LogP contribution in [-0.2, 0) is 14.3 Å². The number of carbonyl (C=O) groups is 1. The summed E-state index contributed by atoms with van der Waals surface area (Å²) in [4.78, 5) is 12.4. The van der Waals surface area contributed by atoms with Gasteiger partial charge in [-0.3, -0.25) is 10.1 Å². The molecule has 4 nitrogen and oxygen atoms in total. The van der Waals surface area contributed by atoms with Crippen molar-refractivity contribution in [1.29, 1.82) is 0 Å². The van der Waals surface area contributed by atoms with Crippen molar-refractivity contribution >= 4 is 17.7 Å². The lowest BCUT2D eigenvalue weighted by atomic mass is 9.84. The van der Waals surface area contributed by atoms with Crippen LogP contribution < -0.4 is 5.32 Å². The van der Waals surface area contributed by atoms with Crippen molar-refractivity contribution in [3.05, 3.63) is 0 Å². The Bertz CT molecular complexity index is 335. The van der Waals surface area contributed by atoms with Crippen LogP contribution in [0.3, 0.4) is 0 Å². The van der Waals surface area contributed by atoms with E-state index in [1.807, 2.05) is 11.8 Å². The minimum Gasteiger partial charge on any atom is -0.468 e. The molecule has 2 aliphatic carbocycles. The predicted octanol–water partition coefficient (Wildman–Crippen LogP) is 2.61. The summed E-state index contributed by atoms with van der Waals surface area (Å²) in [6, 6.07) is 0.541. The molecular formula is C16H29NO3S. The average Bonchev–Trinajstić information content (AvgIpc) is 3.21. The molecule has 0 aromatic heterocycles. The zero-order valence-electron chi connectivity index (χ0n) is 13.4. The Hall–Kier alpha value is -0.260. The second-order valence-corrected chi connectivity index (χ2v) is 7.44. The van der Waals surface area contributed by atoms with Crippen molar-refractivity contribution < 1.29 is 14.3 Å². The molecule has 122 valence electrons. The van der Waals surface area contributed by atoms with Crippen molar-refractivity contribution in [2.75, 3.05) is 32.3 Å². The maximum Gasteiger partial charge on any atom is 0.326 e.